The zero-order valence-electron chi connectivity index (χ0n) is 10.5. The maximum Gasteiger partial charge on any atom is 0.213 e. The van der Waals surface area contributed by atoms with Crippen LogP contribution in [0.1, 0.15) is 18.5 Å². The molecule has 0 spiro atoms. The van der Waals surface area contributed by atoms with Gasteiger partial charge in [-0.3, -0.25) is 5.14 Å². The number of nitrogens with one attached hydrogen (secondary N) is 1. The van der Waals surface area contributed by atoms with E-state index in [1.807, 2.05) is 0 Å². The molecule has 0 saturated heterocycles. The summed E-state index contributed by atoms with van der Waals surface area (Å²) in [6, 6.07) is 4.67. The van der Waals surface area contributed by atoms with Crippen molar-refractivity contribution in [3.8, 4) is 0 Å². The molecule has 2 rings (SSSR count). The molecule has 1 aliphatic rings. The summed E-state index contributed by atoms with van der Waals surface area (Å²) < 4.78 is 12.9. The summed E-state index contributed by atoms with van der Waals surface area (Å²) in [5.41, 5.74) is 8.08. The van der Waals surface area contributed by atoms with Gasteiger partial charge in [-0.15, -0.1) is 0 Å². The molecule has 5 N–H and O–H groups in total. The zero-order valence-corrected chi connectivity index (χ0v) is 11.3. The predicted octanol–water partition coefficient (Wildman–Crippen LogP) is 2.01. The fourth-order valence-electron chi connectivity index (χ4n) is 1.72. The number of aromatic nitrogens is 1. The smallest absolute Gasteiger partial charge is 0.213 e. The van der Waals surface area contributed by atoms with Crippen molar-refractivity contribution in [3.05, 3.63) is 52.7 Å². The van der Waals surface area contributed by atoms with Gasteiger partial charge in [0, 0.05) is 11.4 Å². The summed E-state index contributed by atoms with van der Waals surface area (Å²) in [6.07, 6.45) is 2.21. The molecule has 0 aromatic carbocycles. The van der Waals surface area contributed by atoms with Crippen LogP contribution in [0.5, 0.6) is 0 Å². The van der Waals surface area contributed by atoms with Crippen molar-refractivity contribution in [1.82, 2.24) is 10.3 Å². The number of nitrogens with two attached hydrogens (primary N) is 2. The van der Waals surface area contributed by atoms with E-state index in [0.717, 1.165) is 35.4 Å². The fourth-order valence-corrected chi connectivity index (χ4v) is 2.24. The maximum absolute atomic E-state index is 12.9. The van der Waals surface area contributed by atoms with Crippen LogP contribution in [0.2, 0.25) is 0 Å². The average molecular weight is 280 g/mol. The summed E-state index contributed by atoms with van der Waals surface area (Å²) in [6.45, 7) is 4.31. The van der Waals surface area contributed by atoms with Crippen molar-refractivity contribution in [2.75, 3.05) is 0 Å². The molecule has 1 saturated carbocycles. The first-order chi connectivity index (χ1) is 9.11. The van der Waals surface area contributed by atoms with Crippen LogP contribution in [0.25, 0.3) is 0 Å². The topological polar surface area (TPSA) is 77.0 Å². The lowest BCUT2D eigenvalue weighted by Gasteiger charge is -2.13. The van der Waals surface area contributed by atoms with E-state index in [2.05, 4.69) is 16.9 Å². The highest BCUT2D eigenvalue weighted by atomic mass is 32.2. The number of hydrogen-bond acceptors (Lipinski definition) is 5. The highest BCUT2D eigenvalue weighted by Crippen LogP contribution is 2.38. The van der Waals surface area contributed by atoms with Gasteiger partial charge in [-0.25, -0.2) is 4.98 Å². The highest BCUT2D eigenvalue weighted by molar-refractivity contribution is 8.01. The largest absolute Gasteiger partial charge is 0.401 e. The molecule has 0 unspecified atom stereocenters. The van der Waals surface area contributed by atoms with Crippen molar-refractivity contribution >= 4 is 11.9 Å². The Morgan fingerprint density at radius 2 is 2.26 bits per heavy atom. The van der Waals surface area contributed by atoms with Crippen molar-refractivity contribution in [2.24, 2.45) is 16.8 Å². The summed E-state index contributed by atoms with van der Waals surface area (Å²) in [4.78, 5) is 4.54. The molecule has 1 heterocycles. The quantitative estimate of drug-likeness (QED) is 0.422. The number of nitrogens with zero attached hydrogens (tertiary/aromatic N) is 1. The van der Waals surface area contributed by atoms with E-state index in [1.165, 1.54) is 6.07 Å². The van der Waals surface area contributed by atoms with Crippen LogP contribution >= 0.6 is 11.9 Å². The molecule has 0 amide bonds. The van der Waals surface area contributed by atoms with E-state index in [1.54, 1.807) is 12.1 Å². The Hall–Kier alpha value is -1.53. The normalized spacial score (nSPS) is 15.9. The van der Waals surface area contributed by atoms with E-state index >= 15 is 0 Å². The molecule has 1 aromatic rings. The third-order valence-corrected chi connectivity index (χ3v) is 3.64. The van der Waals surface area contributed by atoms with Gasteiger partial charge < -0.3 is 11.1 Å². The summed E-state index contributed by atoms with van der Waals surface area (Å²) >= 11 is 1.09. The van der Waals surface area contributed by atoms with Crippen LogP contribution in [0, 0.1) is 11.9 Å². The second-order valence-corrected chi connectivity index (χ2v) is 5.10. The molecule has 19 heavy (non-hydrogen) atoms. The molecule has 1 aromatic heterocycles. The van der Waals surface area contributed by atoms with Crippen LogP contribution in [0.3, 0.4) is 0 Å². The van der Waals surface area contributed by atoms with Crippen molar-refractivity contribution < 1.29 is 4.39 Å². The van der Waals surface area contributed by atoms with Crippen LogP contribution in [-0.2, 0) is 6.54 Å². The van der Waals surface area contributed by atoms with E-state index in [9.17, 15) is 4.39 Å². The zero-order chi connectivity index (χ0) is 13.8. The molecule has 102 valence electrons. The van der Waals surface area contributed by atoms with E-state index in [0.29, 0.717) is 23.9 Å². The molecule has 1 aliphatic carbocycles. The van der Waals surface area contributed by atoms with Crippen molar-refractivity contribution in [2.45, 2.75) is 19.4 Å². The standard InChI is InChI=1S/C13H17FN4S/c1-8(13(19-16)12(15)9-5-6-9)17-7-10-3-2-4-11(14)18-10/h2-4,9,17H,1,5-7,15-16H2/b13-12-. The highest BCUT2D eigenvalue weighted by Gasteiger charge is 2.27. The Morgan fingerprint density at radius 3 is 2.84 bits per heavy atom. The molecular weight excluding hydrogens is 263 g/mol. The molecule has 1 fully saturated rings. The first kappa shape index (κ1) is 13.9. The monoisotopic (exact) mass is 280 g/mol. The maximum atomic E-state index is 12.9. The fraction of sp³-hybridized carbons (Fsp3) is 0.308. The lowest BCUT2D eigenvalue weighted by molar-refractivity contribution is 0.573. The second kappa shape index (κ2) is 6.08. The Balaban J connectivity index is 1.98. The van der Waals surface area contributed by atoms with Gasteiger partial charge in [0.1, 0.15) is 0 Å². The molecule has 0 atom stereocenters. The van der Waals surface area contributed by atoms with E-state index in [4.69, 9.17) is 10.9 Å². The average Bonchev–Trinajstić information content (AvgIpc) is 3.21. The molecule has 6 heteroatoms. The molecular formula is C13H17FN4S. The Kier molecular flexibility index (Phi) is 4.44. The van der Waals surface area contributed by atoms with Gasteiger partial charge in [-0.2, -0.15) is 4.39 Å². The minimum Gasteiger partial charge on any atom is -0.401 e. The lowest BCUT2D eigenvalue weighted by Crippen LogP contribution is -2.17. The first-order valence-electron chi connectivity index (χ1n) is 6.02. The van der Waals surface area contributed by atoms with Gasteiger partial charge in [0.2, 0.25) is 5.95 Å². The number of halogens is 1. The Morgan fingerprint density at radius 1 is 1.53 bits per heavy atom. The van der Waals surface area contributed by atoms with Crippen molar-refractivity contribution in [3.63, 3.8) is 0 Å². The Labute approximate surface area is 116 Å². The number of allylic oxidation sites excluding steroid dienone is 1. The first-order valence-corrected chi connectivity index (χ1v) is 6.90. The molecule has 4 nitrogen and oxygen atoms in total. The van der Waals surface area contributed by atoms with Crippen LogP contribution in [0.15, 0.2) is 41.1 Å². The third kappa shape index (κ3) is 3.71. The van der Waals surface area contributed by atoms with Crippen molar-refractivity contribution in [1.29, 1.82) is 0 Å². The summed E-state index contributed by atoms with van der Waals surface area (Å²) in [5, 5.41) is 8.71. The third-order valence-electron chi connectivity index (χ3n) is 2.93. The number of pyridine rings is 1. The van der Waals surface area contributed by atoms with E-state index in [-0.39, 0.29) is 0 Å². The van der Waals surface area contributed by atoms with E-state index < -0.39 is 5.95 Å². The van der Waals surface area contributed by atoms with Gasteiger partial charge in [0.15, 0.2) is 0 Å². The molecule has 0 aliphatic heterocycles. The molecule has 0 radical (unpaired) electrons. The number of hydrogen-bond donors (Lipinski definition) is 3. The Bertz CT molecular complexity index is 511. The van der Waals surface area contributed by atoms with Crippen LogP contribution < -0.4 is 16.2 Å². The SMILES string of the molecule is C=C(NCc1cccc(F)n1)/C(SN)=C(/N)C1CC1. The number of rotatable bonds is 6. The lowest BCUT2D eigenvalue weighted by atomic mass is 10.2. The minimum absolute atomic E-state index is 0.387. The van der Waals surface area contributed by atoms with Gasteiger partial charge in [-0.1, -0.05) is 12.6 Å². The van der Waals surface area contributed by atoms with Crippen LogP contribution in [-0.4, -0.2) is 4.98 Å². The van der Waals surface area contributed by atoms with Gasteiger partial charge in [0.05, 0.1) is 17.1 Å². The minimum atomic E-state index is -0.494. The van der Waals surface area contributed by atoms with Crippen LogP contribution in [0.4, 0.5) is 4.39 Å². The predicted molar refractivity (Wildman–Crippen MR) is 75.9 cm³/mol. The van der Waals surface area contributed by atoms with Gasteiger partial charge in [-0.05, 0) is 42.8 Å². The molecule has 0 bridgehead atoms. The summed E-state index contributed by atoms with van der Waals surface area (Å²) in [7, 11) is 0. The summed E-state index contributed by atoms with van der Waals surface area (Å²) in [5.74, 6) is -0.0664. The second-order valence-electron chi connectivity index (χ2n) is 4.46. The van der Waals surface area contributed by atoms with Gasteiger partial charge >= 0.3 is 0 Å². The van der Waals surface area contributed by atoms with Gasteiger partial charge in [0.25, 0.3) is 0 Å².